The lowest BCUT2D eigenvalue weighted by Gasteiger charge is -2.16. The zero-order chi connectivity index (χ0) is 22.6. The lowest BCUT2D eigenvalue weighted by atomic mass is 9.94. The summed E-state index contributed by atoms with van der Waals surface area (Å²) < 4.78 is 5.46. The summed E-state index contributed by atoms with van der Waals surface area (Å²) in [6.07, 6.45) is 10.4. The molecule has 0 saturated carbocycles. The molecule has 0 aromatic heterocycles. The number of hydrogen-bond donors (Lipinski definition) is 2. The first-order chi connectivity index (χ1) is 14.9. The van der Waals surface area contributed by atoms with Gasteiger partial charge in [-0.25, -0.2) is 4.79 Å². The van der Waals surface area contributed by atoms with Crippen LogP contribution in [-0.4, -0.2) is 49.1 Å². The Balaban J connectivity index is 2.36. The number of ether oxygens (including phenoxy) is 1. The first-order valence-electron chi connectivity index (χ1n) is 10.3. The van der Waals surface area contributed by atoms with Crippen LogP contribution in [0.5, 0.6) is 0 Å². The molecule has 0 fully saturated rings. The summed E-state index contributed by atoms with van der Waals surface area (Å²) in [6.45, 7) is 3.74. The van der Waals surface area contributed by atoms with Gasteiger partial charge in [-0.15, -0.1) is 0 Å². The molecule has 0 aliphatic carbocycles. The zero-order valence-electron chi connectivity index (χ0n) is 17.9. The molecule has 0 unspecified atom stereocenters. The van der Waals surface area contributed by atoms with E-state index in [1.165, 1.54) is 0 Å². The van der Waals surface area contributed by atoms with Gasteiger partial charge >= 0.3 is 5.97 Å². The third-order valence-electron chi connectivity index (χ3n) is 4.61. The highest BCUT2D eigenvalue weighted by atomic mass is 35.5. The molecular weight excluding hydrogens is 420 g/mol. The van der Waals surface area contributed by atoms with Crippen LogP contribution in [0.15, 0.2) is 35.5 Å². The monoisotopic (exact) mass is 448 g/mol. The summed E-state index contributed by atoms with van der Waals surface area (Å²) in [7, 11) is 0. The predicted molar refractivity (Wildman–Crippen MR) is 121 cm³/mol. The van der Waals surface area contributed by atoms with Gasteiger partial charge < -0.3 is 20.0 Å². The number of cyclic esters (lactones) is 1. The van der Waals surface area contributed by atoms with Crippen molar-refractivity contribution in [3.8, 4) is 0 Å². The number of rotatable bonds is 5. The number of aliphatic hydroxyl groups excluding tert-OH is 1. The normalized spacial score (nSPS) is 18.5. The van der Waals surface area contributed by atoms with Crippen molar-refractivity contribution in [1.29, 1.82) is 0 Å². The minimum Gasteiger partial charge on any atom is -0.462 e. The van der Waals surface area contributed by atoms with Crippen LogP contribution in [0.1, 0.15) is 46.3 Å². The van der Waals surface area contributed by atoms with E-state index in [1.807, 2.05) is 44.2 Å². The molecular formula is C23H29ClN2O5. The Hall–Kier alpha value is -2.64. The number of esters is 1. The number of carbonyl (C=O) groups is 2. The third-order valence-corrected chi connectivity index (χ3v) is 5.13. The topological polar surface area (TPSA) is 97.2 Å². The molecule has 1 heterocycles. The number of fused-ring (bicyclic) bond motifs is 1. The number of nitrogens with zero attached hydrogens (tertiary/aromatic N) is 1. The molecule has 8 heteroatoms. The number of aliphatic hydroxyl groups is 1. The number of nitrogens with one attached hydrogen (secondary N) is 1. The number of amides is 1. The molecule has 0 radical (unpaired) electrons. The summed E-state index contributed by atoms with van der Waals surface area (Å²) in [4.78, 5) is 29.7. The Morgan fingerprint density at radius 2 is 1.97 bits per heavy atom. The van der Waals surface area contributed by atoms with Crippen LogP contribution in [0, 0.1) is 13.8 Å². The lowest BCUT2D eigenvalue weighted by Crippen LogP contribution is -2.29. The summed E-state index contributed by atoms with van der Waals surface area (Å²) in [6, 6.07) is 1.86. The van der Waals surface area contributed by atoms with Gasteiger partial charge in [0.25, 0.3) is 5.91 Å². The van der Waals surface area contributed by atoms with Crippen molar-refractivity contribution in [2.45, 2.75) is 39.5 Å². The van der Waals surface area contributed by atoms with Crippen LogP contribution in [0.3, 0.4) is 0 Å². The van der Waals surface area contributed by atoms with Gasteiger partial charge in [-0.05, 0) is 55.9 Å². The standard InChI is InChI=1S/C23H29ClN2O5/c1-16-13-17(2)22(24)19-14-18(26-31-15-20(28)25-10-11-27)9-7-5-3-4-6-8-12-30-23(29)21(16)19/h4,6-7,9,13,27H,3,5,8,10-12,14-15H2,1-2H3,(H,25,28)/b6-4+,9-7+,26-18-. The molecule has 168 valence electrons. The van der Waals surface area contributed by atoms with Crippen molar-refractivity contribution in [3.05, 3.63) is 57.6 Å². The Morgan fingerprint density at radius 3 is 2.74 bits per heavy atom. The van der Waals surface area contributed by atoms with E-state index in [-0.39, 0.29) is 32.1 Å². The second kappa shape index (κ2) is 12.9. The fourth-order valence-corrected chi connectivity index (χ4v) is 3.37. The average molecular weight is 449 g/mol. The first kappa shape index (κ1) is 24.6. The Kier molecular flexibility index (Phi) is 10.3. The zero-order valence-corrected chi connectivity index (χ0v) is 18.7. The second-order valence-electron chi connectivity index (χ2n) is 7.16. The number of halogens is 1. The SMILES string of the molecule is Cc1cc(C)c2c(c1Cl)CC(=N\OCC(=O)NCCO)/C=C/CC/C=C/CCOC2=O. The molecule has 1 aliphatic rings. The molecule has 1 amide bonds. The molecule has 1 aromatic rings. The first-order valence-corrected chi connectivity index (χ1v) is 10.7. The highest BCUT2D eigenvalue weighted by Crippen LogP contribution is 2.29. The molecule has 0 saturated heterocycles. The van der Waals surface area contributed by atoms with Crippen LogP contribution in [0.4, 0.5) is 0 Å². The molecule has 31 heavy (non-hydrogen) atoms. The number of hydrogen-bond acceptors (Lipinski definition) is 6. The molecule has 1 aromatic carbocycles. The Labute approximate surface area is 187 Å². The van der Waals surface area contributed by atoms with E-state index in [4.69, 9.17) is 26.3 Å². The van der Waals surface area contributed by atoms with Crippen LogP contribution in [-0.2, 0) is 20.8 Å². The third kappa shape index (κ3) is 7.84. The van der Waals surface area contributed by atoms with Crippen LogP contribution >= 0.6 is 11.6 Å². The predicted octanol–water partition coefficient (Wildman–Crippen LogP) is 3.43. The van der Waals surface area contributed by atoms with Gasteiger partial charge in [0.05, 0.1) is 24.5 Å². The molecule has 1 aliphatic heterocycles. The van der Waals surface area contributed by atoms with Gasteiger partial charge in [0.1, 0.15) is 0 Å². The van der Waals surface area contributed by atoms with Crippen LogP contribution in [0.2, 0.25) is 5.02 Å². The average Bonchev–Trinajstić information content (AvgIpc) is 2.73. The van der Waals surface area contributed by atoms with Gasteiger partial charge in [-0.2, -0.15) is 0 Å². The van der Waals surface area contributed by atoms with Crippen molar-refractivity contribution in [3.63, 3.8) is 0 Å². The van der Waals surface area contributed by atoms with Gasteiger partial charge in [-0.3, -0.25) is 4.79 Å². The van der Waals surface area contributed by atoms with Gasteiger partial charge in [0, 0.05) is 18.0 Å². The van der Waals surface area contributed by atoms with E-state index in [2.05, 4.69) is 10.5 Å². The minimum atomic E-state index is -0.424. The Morgan fingerprint density at radius 1 is 1.23 bits per heavy atom. The molecule has 0 bridgehead atoms. The molecule has 0 spiro atoms. The summed E-state index contributed by atoms with van der Waals surface area (Å²) >= 11 is 6.58. The number of oxime groups is 1. The van der Waals surface area contributed by atoms with Crippen molar-refractivity contribution < 1.29 is 24.3 Å². The van der Waals surface area contributed by atoms with E-state index in [9.17, 15) is 9.59 Å². The lowest BCUT2D eigenvalue weighted by molar-refractivity contribution is -0.125. The van der Waals surface area contributed by atoms with Crippen molar-refractivity contribution in [2.24, 2.45) is 5.16 Å². The molecule has 2 rings (SSSR count). The second-order valence-corrected chi connectivity index (χ2v) is 7.54. The van der Waals surface area contributed by atoms with Gasteiger partial charge in [0.15, 0.2) is 6.61 Å². The molecule has 7 nitrogen and oxygen atoms in total. The van der Waals surface area contributed by atoms with Crippen LogP contribution in [0.25, 0.3) is 0 Å². The maximum atomic E-state index is 12.8. The minimum absolute atomic E-state index is 0.149. The molecule has 2 N–H and O–H groups in total. The van der Waals surface area contributed by atoms with Gasteiger partial charge in [0.2, 0.25) is 0 Å². The summed E-state index contributed by atoms with van der Waals surface area (Å²) in [5.41, 5.74) is 3.20. The van der Waals surface area contributed by atoms with Gasteiger partial charge in [-0.1, -0.05) is 41.1 Å². The van der Waals surface area contributed by atoms with E-state index >= 15 is 0 Å². The maximum Gasteiger partial charge on any atom is 0.338 e. The van der Waals surface area contributed by atoms with Crippen LogP contribution < -0.4 is 5.32 Å². The van der Waals surface area contributed by atoms with Crippen molar-refractivity contribution >= 4 is 29.2 Å². The highest BCUT2D eigenvalue weighted by Gasteiger charge is 2.21. The van der Waals surface area contributed by atoms with E-state index in [0.717, 1.165) is 24.0 Å². The fraction of sp³-hybridized carbons (Fsp3) is 0.435. The Bertz CT molecular complexity index is 877. The summed E-state index contributed by atoms with van der Waals surface area (Å²) in [5, 5.41) is 15.8. The number of carbonyl (C=O) groups excluding carboxylic acids is 2. The number of aryl methyl sites for hydroxylation is 2. The summed E-state index contributed by atoms with van der Waals surface area (Å²) in [5.74, 6) is -0.811. The van der Waals surface area contributed by atoms with Crippen molar-refractivity contribution in [2.75, 3.05) is 26.4 Å². The van der Waals surface area contributed by atoms with E-state index in [1.54, 1.807) is 0 Å². The maximum absolute atomic E-state index is 12.8. The number of benzene rings is 1. The van der Waals surface area contributed by atoms with E-state index < -0.39 is 5.97 Å². The largest absolute Gasteiger partial charge is 0.462 e. The fourth-order valence-electron chi connectivity index (χ4n) is 3.16. The quantitative estimate of drug-likeness (QED) is 0.408. The molecule has 0 atom stereocenters. The highest BCUT2D eigenvalue weighted by molar-refractivity contribution is 6.33. The smallest absolute Gasteiger partial charge is 0.338 e. The van der Waals surface area contributed by atoms with E-state index in [0.29, 0.717) is 34.9 Å². The number of allylic oxidation sites excluding steroid dienone is 3. The van der Waals surface area contributed by atoms with Crippen molar-refractivity contribution in [1.82, 2.24) is 5.32 Å².